The van der Waals surface area contributed by atoms with Crippen LogP contribution in [0.1, 0.15) is 26.3 Å². The highest BCUT2D eigenvalue weighted by atomic mass is 79.9. The zero-order chi connectivity index (χ0) is 12.3. The fourth-order valence-corrected chi connectivity index (χ4v) is 2.13. The van der Waals surface area contributed by atoms with Crippen molar-refractivity contribution >= 4 is 49.4 Å². The van der Waals surface area contributed by atoms with E-state index in [0.29, 0.717) is 0 Å². The molecular weight excluding hydrogens is 354 g/mol. The molecule has 0 saturated heterocycles. The third kappa shape index (κ3) is 4.20. The van der Waals surface area contributed by atoms with E-state index in [1.54, 1.807) is 6.21 Å². The van der Waals surface area contributed by atoms with Gasteiger partial charge in [0.05, 0.1) is 6.21 Å². The van der Waals surface area contributed by atoms with Gasteiger partial charge in [0.1, 0.15) is 16.1 Å². The molecule has 0 aliphatic carbocycles. The van der Waals surface area contributed by atoms with E-state index in [2.05, 4.69) is 36.3 Å². The van der Waals surface area contributed by atoms with Crippen LogP contribution in [0.3, 0.4) is 0 Å². The van der Waals surface area contributed by atoms with Crippen LogP contribution in [0.25, 0.3) is 0 Å². The molecule has 0 radical (unpaired) electrons. The number of benzene rings is 1. The first-order valence-corrected chi connectivity index (χ1v) is 7.41. The third-order valence-corrected chi connectivity index (χ3v) is 4.33. The Labute approximate surface area is 116 Å². The first-order chi connectivity index (χ1) is 7.30. The van der Waals surface area contributed by atoms with E-state index in [1.807, 2.05) is 39.0 Å². The Morgan fingerprint density at radius 2 is 1.94 bits per heavy atom. The molecule has 0 heterocycles. The molecule has 1 atom stereocenters. The number of rotatable bonds is 2. The van der Waals surface area contributed by atoms with Gasteiger partial charge in [0.2, 0.25) is 0 Å². The van der Waals surface area contributed by atoms with Crippen molar-refractivity contribution in [3.63, 3.8) is 0 Å². The van der Waals surface area contributed by atoms with E-state index in [9.17, 15) is 4.55 Å². The molecule has 0 fully saturated rings. The van der Waals surface area contributed by atoms with Gasteiger partial charge in [-0.05, 0) is 39.0 Å². The summed E-state index contributed by atoms with van der Waals surface area (Å²) < 4.78 is 17.4. The van der Waals surface area contributed by atoms with Gasteiger partial charge in [0.25, 0.3) is 0 Å². The van der Waals surface area contributed by atoms with Crippen molar-refractivity contribution in [1.29, 1.82) is 0 Å². The summed E-state index contributed by atoms with van der Waals surface area (Å²) in [6.45, 7) is 5.70. The van der Waals surface area contributed by atoms with Crippen molar-refractivity contribution in [1.82, 2.24) is 0 Å². The van der Waals surface area contributed by atoms with Gasteiger partial charge in [-0.3, -0.25) is 0 Å². The molecule has 0 spiro atoms. The van der Waals surface area contributed by atoms with Crippen LogP contribution in [-0.2, 0) is 11.4 Å². The Balaban J connectivity index is 2.88. The minimum Gasteiger partial charge on any atom is -0.591 e. The Morgan fingerprint density at radius 1 is 1.31 bits per heavy atom. The maximum atomic E-state index is 11.7. The molecule has 1 unspecified atom stereocenters. The van der Waals surface area contributed by atoms with E-state index in [-0.39, 0.29) is 4.75 Å². The number of halogens is 2. The van der Waals surface area contributed by atoms with Crippen molar-refractivity contribution in [2.75, 3.05) is 0 Å². The minimum absolute atomic E-state index is 0.324. The predicted octanol–water partition coefficient (Wildman–Crippen LogP) is 4.09. The fourth-order valence-electron chi connectivity index (χ4n) is 0.876. The molecule has 1 aromatic carbocycles. The molecule has 5 heteroatoms. The van der Waals surface area contributed by atoms with E-state index in [1.165, 1.54) is 0 Å². The number of hydrogen-bond acceptors (Lipinski definition) is 2. The molecule has 16 heavy (non-hydrogen) atoms. The molecule has 0 aliphatic heterocycles. The van der Waals surface area contributed by atoms with Crippen molar-refractivity contribution in [2.45, 2.75) is 25.5 Å². The van der Waals surface area contributed by atoms with Crippen LogP contribution in [0.4, 0.5) is 0 Å². The summed E-state index contributed by atoms with van der Waals surface area (Å²) >= 11 is 5.59. The van der Waals surface area contributed by atoms with Crippen molar-refractivity contribution in [3.05, 3.63) is 32.7 Å². The lowest BCUT2D eigenvalue weighted by atomic mass is 10.2. The lowest BCUT2D eigenvalue weighted by molar-refractivity contribution is 0.562. The molecule has 88 valence electrons. The Bertz CT molecular complexity index is 401. The Morgan fingerprint density at radius 3 is 2.50 bits per heavy atom. The molecular formula is C11H13Br2NOS. The SMILES string of the molecule is CC(C)(C)[S+]([O-])/N=C\c1cc(Br)ccc1Br. The molecule has 1 aromatic rings. The first kappa shape index (κ1) is 14.2. The molecule has 0 bridgehead atoms. The lowest BCUT2D eigenvalue weighted by Crippen LogP contribution is -2.25. The van der Waals surface area contributed by atoms with Crippen LogP contribution < -0.4 is 0 Å². The van der Waals surface area contributed by atoms with Gasteiger partial charge in [0.15, 0.2) is 0 Å². The van der Waals surface area contributed by atoms with Gasteiger partial charge in [-0.25, -0.2) is 0 Å². The van der Waals surface area contributed by atoms with Crippen molar-refractivity contribution in [3.8, 4) is 0 Å². The number of hydrogen-bond donors (Lipinski definition) is 0. The first-order valence-electron chi connectivity index (χ1n) is 4.72. The van der Waals surface area contributed by atoms with Gasteiger partial charge in [-0.15, -0.1) is 0 Å². The van der Waals surface area contributed by atoms with Gasteiger partial charge in [-0.1, -0.05) is 36.3 Å². The van der Waals surface area contributed by atoms with Gasteiger partial charge in [-0.2, -0.15) is 0 Å². The van der Waals surface area contributed by atoms with Crippen LogP contribution in [0, 0.1) is 0 Å². The van der Waals surface area contributed by atoms with Crippen LogP contribution >= 0.6 is 31.9 Å². The molecule has 0 aromatic heterocycles. The second-order valence-electron chi connectivity index (χ2n) is 4.26. The second-order valence-corrected chi connectivity index (χ2v) is 7.97. The van der Waals surface area contributed by atoms with Crippen LogP contribution in [-0.4, -0.2) is 15.5 Å². The summed E-state index contributed by atoms with van der Waals surface area (Å²) in [6, 6.07) is 5.78. The third-order valence-electron chi connectivity index (χ3n) is 1.77. The molecule has 0 amide bonds. The molecule has 1 rings (SSSR count). The van der Waals surface area contributed by atoms with E-state index >= 15 is 0 Å². The van der Waals surface area contributed by atoms with Crippen LogP contribution in [0.15, 0.2) is 31.5 Å². The minimum atomic E-state index is -1.22. The maximum absolute atomic E-state index is 11.7. The van der Waals surface area contributed by atoms with Crippen molar-refractivity contribution < 1.29 is 4.55 Å². The van der Waals surface area contributed by atoms with E-state index in [4.69, 9.17) is 0 Å². The zero-order valence-corrected chi connectivity index (χ0v) is 13.3. The average Bonchev–Trinajstić information content (AvgIpc) is 2.17. The van der Waals surface area contributed by atoms with Crippen LogP contribution in [0.5, 0.6) is 0 Å². The standard InChI is InChI=1S/C11H13Br2NOS/c1-11(2,3)16(15)14-7-8-6-9(12)4-5-10(8)13/h4-7H,1-3H3/b14-7-. The average molecular weight is 367 g/mol. The molecule has 2 nitrogen and oxygen atoms in total. The quantitative estimate of drug-likeness (QED) is 0.573. The van der Waals surface area contributed by atoms with Gasteiger partial charge >= 0.3 is 0 Å². The predicted molar refractivity (Wildman–Crippen MR) is 77.3 cm³/mol. The molecule has 0 N–H and O–H groups in total. The smallest absolute Gasteiger partial charge is 0.144 e. The highest BCUT2D eigenvalue weighted by molar-refractivity contribution is 9.11. The summed E-state index contributed by atoms with van der Waals surface area (Å²) in [6.07, 6.45) is 1.64. The van der Waals surface area contributed by atoms with Crippen LogP contribution in [0.2, 0.25) is 0 Å². The molecule has 0 aliphatic rings. The van der Waals surface area contributed by atoms with Crippen molar-refractivity contribution in [2.24, 2.45) is 4.40 Å². The Kier molecular flexibility index (Phi) is 5.04. The highest BCUT2D eigenvalue weighted by Crippen LogP contribution is 2.21. The summed E-state index contributed by atoms with van der Waals surface area (Å²) in [5.41, 5.74) is 0.909. The summed E-state index contributed by atoms with van der Waals surface area (Å²) in [7, 11) is 0. The molecule has 0 saturated carbocycles. The summed E-state index contributed by atoms with van der Waals surface area (Å²) in [4.78, 5) is 0. The monoisotopic (exact) mass is 365 g/mol. The van der Waals surface area contributed by atoms with Gasteiger partial charge in [0, 0.05) is 14.5 Å². The fraction of sp³-hybridized carbons (Fsp3) is 0.364. The summed E-state index contributed by atoms with van der Waals surface area (Å²) in [5.74, 6) is 0. The summed E-state index contributed by atoms with van der Waals surface area (Å²) in [5, 5.41) is 0. The maximum Gasteiger partial charge on any atom is 0.144 e. The lowest BCUT2D eigenvalue weighted by Gasteiger charge is -2.17. The Hall–Kier alpha value is 0.160. The normalized spacial score (nSPS) is 14.4. The van der Waals surface area contributed by atoms with E-state index in [0.717, 1.165) is 14.5 Å². The topological polar surface area (TPSA) is 35.4 Å². The largest absolute Gasteiger partial charge is 0.591 e. The second kappa shape index (κ2) is 5.67. The number of nitrogens with zero attached hydrogens (tertiary/aromatic N) is 1. The van der Waals surface area contributed by atoms with Gasteiger partial charge < -0.3 is 4.55 Å². The van der Waals surface area contributed by atoms with E-state index < -0.39 is 11.4 Å². The highest BCUT2D eigenvalue weighted by Gasteiger charge is 2.25. The zero-order valence-electron chi connectivity index (χ0n) is 9.33.